The molecule has 98 valence electrons. The Bertz CT molecular complexity index is 281. The van der Waals surface area contributed by atoms with Gasteiger partial charge in [0.05, 0.1) is 25.7 Å². The first-order valence-corrected chi connectivity index (χ1v) is 6.23. The third kappa shape index (κ3) is 3.70. The van der Waals surface area contributed by atoms with E-state index in [2.05, 4.69) is 17.0 Å². The van der Waals surface area contributed by atoms with Crippen LogP contribution in [-0.4, -0.2) is 42.6 Å². The molecule has 1 fully saturated rings. The van der Waals surface area contributed by atoms with Crippen LogP contribution in [0.4, 0.5) is 0 Å². The van der Waals surface area contributed by atoms with E-state index in [1.54, 1.807) is 4.90 Å². The van der Waals surface area contributed by atoms with Crippen molar-refractivity contribution in [2.24, 2.45) is 0 Å². The van der Waals surface area contributed by atoms with Crippen LogP contribution in [0.25, 0.3) is 0 Å². The van der Waals surface area contributed by atoms with Gasteiger partial charge >= 0.3 is 5.97 Å². The normalized spacial score (nSPS) is 24.2. The van der Waals surface area contributed by atoms with Crippen LogP contribution < -0.4 is 5.32 Å². The first-order chi connectivity index (χ1) is 8.10. The smallest absolute Gasteiger partial charge is 0.307 e. The largest absolute Gasteiger partial charge is 0.469 e. The number of esters is 1. The molecule has 1 aliphatic rings. The fourth-order valence-electron chi connectivity index (χ4n) is 2.08. The van der Waals surface area contributed by atoms with Gasteiger partial charge in [0, 0.05) is 6.54 Å². The van der Waals surface area contributed by atoms with E-state index in [0.717, 1.165) is 19.3 Å². The van der Waals surface area contributed by atoms with Crippen LogP contribution in [0.1, 0.15) is 39.5 Å². The Morgan fingerprint density at radius 1 is 1.53 bits per heavy atom. The van der Waals surface area contributed by atoms with Gasteiger partial charge in [0.25, 0.3) is 0 Å². The van der Waals surface area contributed by atoms with Crippen molar-refractivity contribution in [3.05, 3.63) is 0 Å². The third-order valence-electron chi connectivity index (χ3n) is 3.12. The van der Waals surface area contributed by atoms with Crippen molar-refractivity contribution < 1.29 is 14.3 Å². The van der Waals surface area contributed by atoms with E-state index in [9.17, 15) is 9.59 Å². The summed E-state index contributed by atoms with van der Waals surface area (Å²) in [5.74, 6) is -0.170. The molecular formula is C12H22N2O3. The van der Waals surface area contributed by atoms with Crippen LogP contribution in [0, 0.1) is 0 Å². The number of carbonyl (C=O) groups excluding carboxylic acids is 2. The quantitative estimate of drug-likeness (QED) is 0.703. The molecule has 1 heterocycles. The minimum absolute atomic E-state index is 0.00834. The number of hydrogen-bond donors (Lipinski definition) is 1. The lowest BCUT2D eigenvalue weighted by atomic mass is 10.1. The summed E-state index contributed by atoms with van der Waals surface area (Å²) in [4.78, 5) is 24.8. The molecule has 0 aromatic rings. The van der Waals surface area contributed by atoms with Gasteiger partial charge in [-0.05, 0) is 13.3 Å². The van der Waals surface area contributed by atoms with E-state index in [-0.39, 0.29) is 30.5 Å². The third-order valence-corrected chi connectivity index (χ3v) is 3.12. The summed E-state index contributed by atoms with van der Waals surface area (Å²) in [6.07, 6.45) is 3.26. The fraction of sp³-hybridized carbons (Fsp3) is 0.833. The number of nitrogens with one attached hydrogen (secondary N) is 1. The number of nitrogens with zero attached hydrogens (tertiary/aromatic N) is 1. The van der Waals surface area contributed by atoms with E-state index in [1.165, 1.54) is 7.11 Å². The van der Waals surface area contributed by atoms with Crippen molar-refractivity contribution in [2.45, 2.75) is 51.7 Å². The highest BCUT2D eigenvalue weighted by molar-refractivity contribution is 5.84. The Kier molecular flexibility index (Phi) is 5.41. The van der Waals surface area contributed by atoms with Crippen molar-refractivity contribution >= 4 is 11.9 Å². The predicted molar refractivity (Wildman–Crippen MR) is 64.3 cm³/mol. The molecule has 0 spiro atoms. The predicted octanol–water partition coefficient (Wildman–Crippen LogP) is 0.886. The van der Waals surface area contributed by atoms with Crippen LogP contribution in [0.15, 0.2) is 0 Å². The molecule has 5 heteroatoms. The van der Waals surface area contributed by atoms with Crippen LogP contribution in [0.3, 0.4) is 0 Å². The maximum atomic E-state index is 12.0. The zero-order valence-corrected chi connectivity index (χ0v) is 10.9. The Morgan fingerprint density at radius 3 is 2.82 bits per heavy atom. The fourth-order valence-corrected chi connectivity index (χ4v) is 2.08. The molecule has 1 saturated heterocycles. The second-order valence-corrected chi connectivity index (χ2v) is 4.40. The van der Waals surface area contributed by atoms with Crippen LogP contribution in [-0.2, 0) is 14.3 Å². The van der Waals surface area contributed by atoms with Crippen molar-refractivity contribution in [3.8, 4) is 0 Å². The maximum Gasteiger partial charge on any atom is 0.307 e. The monoisotopic (exact) mass is 242 g/mol. The maximum absolute atomic E-state index is 12.0. The van der Waals surface area contributed by atoms with E-state index in [1.807, 2.05) is 6.92 Å². The molecule has 2 unspecified atom stereocenters. The lowest BCUT2D eigenvalue weighted by Gasteiger charge is -2.19. The molecule has 2 atom stereocenters. The van der Waals surface area contributed by atoms with Gasteiger partial charge < -0.3 is 9.64 Å². The summed E-state index contributed by atoms with van der Waals surface area (Å²) in [7, 11) is 1.36. The summed E-state index contributed by atoms with van der Waals surface area (Å²) >= 11 is 0. The molecule has 0 bridgehead atoms. The second-order valence-electron chi connectivity index (χ2n) is 4.40. The summed E-state index contributed by atoms with van der Waals surface area (Å²) in [5, 5.41) is 3.25. The lowest BCUT2D eigenvalue weighted by molar-refractivity contribution is -0.141. The molecule has 0 aromatic heterocycles. The molecule has 0 saturated carbocycles. The average molecular weight is 242 g/mol. The van der Waals surface area contributed by atoms with Gasteiger partial charge in [-0.3, -0.25) is 14.9 Å². The Morgan fingerprint density at radius 2 is 2.24 bits per heavy atom. The molecular weight excluding hydrogens is 220 g/mol. The minimum Gasteiger partial charge on any atom is -0.469 e. The topological polar surface area (TPSA) is 58.6 Å². The molecule has 0 aliphatic carbocycles. The Labute approximate surface area is 102 Å². The van der Waals surface area contributed by atoms with E-state index >= 15 is 0 Å². The molecule has 1 rings (SSSR count). The first-order valence-electron chi connectivity index (χ1n) is 6.23. The van der Waals surface area contributed by atoms with Crippen molar-refractivity contribution in [3.63, 3.8) is 0 Å². The number of ether oxygens (including phenoxy) is 1. The number of rotatable bonds is 6. The summed E-state index contributed by atoms with van der Waals surface area (Å²) in [5.41, 5.74) is 0. The second kappa shape index (κ2) is 6.59. The molecule has 17 heavy (non-hydrogen) atoms. The minimum atomic E-state index is -0.276. The van der Waals surface area contributed by atoms with Gasteiger partial charge in [0.1, 0.15) is 0 Å². The van der Waals surface area contributed by atoms with E-state index < -0.39 is 0 Å². The van der Waals surface area contributed by atoms with Gasteiger partial charge in [-0.1, -0.05) is 19.8 Å². The van der Waals surface area contributed by atoms with Gasteiger partial charge in [0.15, 0.2) is 0 Å². The van der Waals surface area contributed by atoms with Gasteiger partial charge in [-0.15, -0.1) is 0 Å². The van der Waals surface area contributed by atoms with Crippen molar-refractivity contribution in [1.29, 1.82) is 0 Å². The summed E-state index contributed by atoms with van der Waals surface area (Å²) in [6, 6.07) is -0.0809. The summed E-state index contributed by atoms with van der Waals surface area (Å²) < 4.78 is 4.57. The molecule has 0 radical (unpaired) electrons. The van der Waals surface area contributed by atoms with E-state index in [4.69, 9.17) is 0 Å². The lowest BCUT2D eigenvalue weighted by Crippen LogP contribution is -2.36. The highest BCUT2D eigenvalue weighted by Gasteiger charge is 2.35. The molecule has 1 aliphatic heterocycles. The zero-order chi connectivity index (χ0) is 12.8. The SMILES string of the molecule is CCCCC1NC(C)N(CCC(=O)OC)C1=O. The highest BCUT2D eigenvalue weighted by atomic mass is 16.5. The van der Waals surface area contributed by atoms with Crippen molar-refractivity contribution in [2.75, 3.05) is 13.7 Å². The number of amides is 1. The Balaban J connectivity index is 2.44. The van der Waals surface area contributed by atoms with Crippen molar-refractivity contribution in [1.82, 2.24) is 10.2 Å². The van der Waals surface area contributed by atoms with Crippen LogP contribution in [0.5, 0.6) is 0 Å². The number of hydrogen-bond acceptors (Lipinski definition) is 4. The summed E-state index contributed by atoms with van der Waals surface area (Å²) in [6.45, 7) is 4.49. The van der Waals surface area contributed by atoms with Gasteiger partial charge in [0.2, 0.25) is 5.91 Å². The Hall–Kier alpha value is -1.10. The average Bonchev–Trinajstić information content (AvgIpc) is 2.59. The molecule has 1 N–H and O–H groups in total. The van der Waals surface area contributed by atoms with Crippen LogP contribution >= 0.6 is 0 Å². The van der Waals surface area contributed by atoms with E-state index in [0.29, 0.717) is 6.54 Å². The van der Waals surface area contributed by atoms with Gasteiger partial charge in [-0.25, -0.2) is 0 Å². The first kappa shape index (κ1) is 14.0. The number of methoxy groups -OCH3 is 1. The zero-order valence-electron chi connectivity index (χ0n) is 10.9. The van der Waals surface area contributed by atoms with Crippen LogP contribution in [0.2, 0.25) is 0 Å². The standard InChI is InChI=1S/C12H22N2O3/c1-4-5-6-10-12(16)14(9(2)13-10)8-7-11(15)17-3/h9-10,13H,4-8H2,1-3H3. The molecule has 1 amide bonds. The number of carbonyl (C=O) groups is 2. The molecule has 5 nitrogen and oxygen atoms in total. The van der Waals surface area contributed by atoms with Gasteiger partial charge in [-0.2, -0.15) is 0 Å². The molecule has 0 aromatic carbocycles. The number of unbranched alkanes of at least 4 members (excludes halogenated alkanes) is 1. The highest BCUT2D eigenvalue weighted by Crippen LogP contribution is 2.15.